The molecule has 3 N–H and O–H groups in total. The van der Waals surface area contributed by atoms with E-state index in [2.05, 4.69) is 0 Å². The van der Waals surface area contributed by atoms with Crippen molar-refractivity contribution < 1.29 is 20.1 Å². The van der Waals surface area contributed by atoms with Gasteiger partial charge in [0.2, 0.25) is 5.75 Å². The first-order chi connectivity index (χ1) is 9.15. The molecule has 4 nitrogen and oxygen atoms in total. The van der Waals surface area contributed by atoms with Crippen LogP contribution in [0.5, 0.6) is 23.0 Å². The molecule has 0 radical (unpaired) electrons. The molecule has 0 aromatic heterocycles. The van der Waals surface area contributed by atoms with E-state index in [4.69, 9.17) is 4.74 Å². The standard InChI is InChI=1S/C15H14O4/c16-12-4-1-9(2-5-12)11-7-10-3-6-13(17)14(18)15(10)19-8-11/h1-6,11,16-18H,7-8H2/t11-/m1/s1. The van der Waals surface area contributed by atoms with Crippen LogP contribution in [0.15, 0.2) is 36.4 Å². The van der Waals surface area contributed by atoms with Crippen molar-refractivity contribution in [3.8, 4) is 23.0 Å². The first-order valence-electron chi connectivity index (χ1n) is 6.10. The molecule has 1 atom stereocenters. The summed E-state index contributed by atoms with van der Waals surface area (Å²) in [6.07, 6.45) is 0.730. The Morgan fingerprint density at radius 2 is 1.68 bits per heavy atom. The van der Waals surface area contributed by atoms with E-state index >= 15 is 0 Å². The number of hydrogen-bond donors (Lipinski definition) is 3. The van der Waals surface area contributed by atoms with Crippen molar-refractivity contribution in [2.45, 2.75) is 12.3 Å². The molecule has 0 unspecified atom stereocenters. The van der Waals surface area contributed by atoms with Crippen molar-refractivity contribution in [3.05, 3.63) is 47.5 Å². The van der Waals surface area contributed by atoms with Gasteiger partial charge in [-0.3, -0.25) is 0 Å². The largest absolute Gasteiger partial charge is 0.508 e. The number of ether oxygens (including phenoxy) is 1. The van der Waals surface area contributed by atoms with Crippen LogP contribution in [0.25, 0.3) is 0 Å². The lowest BCUT2D eigenvalue weighted by atomic mass is 9.90. The van der Waals surface area contributed by atoms with Crippen molar-refractivity contribution in [2.75, 3.05) is 6.61 Å². The van der Waals surface area contributed by atoms with Gasteiger partial charge in [-0.2, -0.15) is 0 Å². The Labute approximate surface area is 110 Å². The van der Waals surface area contributed by atoms with Crippen LogP contribution < -0.4 is 4.74 Å². The van der Waals surface area contributed by atoms with Gasteiger partial charge in [-0.05, 0) is 35.7 Å². The number of rotatable bonds is 1. The quantitative estimate of drug-likeness (QED) is 0.687. The zero-order valence-corrected chi connectivity index (χ0v) is 10.2. The highest BCUT2D eigenvalue weighted by Crippen LogP contribution is 2.43. The normalized spacial score (nSPS) is 17.6. The van der Waals surface area contributed by atoms with E-state index in [1.54, 1.807) is 18.2 Å². The Morgan fingerprint density at radius 3 is 2.42 bits per heavy atom. The lowest BCUT2D eigenvalue weighted by Crippen LogP contribution is -2.19. The van der Waals surface area contributed by atoms with Gasteiger partial charge < -0.3 is 20.1 Å². The summed E-state index contributed by atoms with van der Waals surface area (Å²) in [7, 11) is 0. The van der Waals surface area contributed by atoms with Gasteiger partial charge in [-0.15, -0.1) is 0 Å². The summed E-state index contributed by atoms with van der Waals surface area (Å²) in [5.41, 5.74) is 1.95. The van der Waals surface area contributed by atoms with Gasteiger partial charge >= 0.3 is 0 Å². The minimum atomic E-state index is -0.193. The molecule has 1 aliphatic rings. The Balaban J connectivity index is 1.90. The minimum absolute atomic E-state index is 0.165. The first-order valence-corrected chi connectivity index (χ1v) is 6.10. The zero-order chi connectivity index (χ0) is 13.4. The predicted octanol–water partition coefficient (Wildman–Crippen LogP) is 2.52. The summed E-state index contributed by atoms with van der Waals surface area (Å²) in [6, 6.07) is 10.3. The maximum Gasteiger partial charge on any atom is 0.200 e. The maximum absolute atomic E-state index is 9.73. The highest BCUT2D eigenvalue weighted by Gasteiger charge is 2.24. The highest BCUT2D eigenvalue weighted by atomic mass is 16.5. The van der Waals surface area contributed by atoms with Crippen molar-refractivity contribution in [1.29, 1.82) is 0 Å². The summed E-state index contributed by atoms with van der Waals surface area (Å²) in [5.74, 6) is 0.430. The summed E-state index contributed by atoms with van der Waals surface area (Å²) < 4.78 is 5.56. The third-order valence-corrected chi connectivity index (χ3v) is 3.45. The van der Waals surface area contributed by atoms with Crippen LogP contribution in [0.4, 0.5) is 0 Å². The van der Waals surface area contributed by atoms with E-state index in [9.17, 15) is 15.3 Å². The lowest BCUT2D eigenvalue weighted by Gasteiger charge is -2.26. The van der Waals surface area contributed by atoms with Crippen molar-refractivity contribution in [3.63, 3.8) is 0 Å². The van der Waals surface area contributed by atoms with Gasteiger partial charge in [0.15, 0.2) is 11.5 Å². The third-order valence-electron chi connectivity index (χ3n) is 3.45. The van der Waals surface area contributed by atoms with E-state index < -0.39 is 0 Å². The monoisotopic (exact) mass is 258 g/mol. The Morgan fingerprint density at radius 1 is 0.947 bits per heavy atom. The van der Waals surface area contributed by atoms with E-state index in [1.807, 2.05) is 12.1 Å². The first kappa shape index (κ1) is 11.7. The fourth-order valence-corrected chi connectivity index (χ4v) is 2.39. The van der Waals surface area contributed by atoms with Gasteiger partial charge in [0.1, 0.15) is 5.75 Å². The van der Waals surface area contributed by atoms with Crippen LogP contribution in [-0.2, 0) is 6.42 Å². The molecule has 0 fully saturated rings. The molecule has 0 amide bonds. The second-order valence-electron chi connectivity index (χ2n) is 4.73. The van der Waals surface area contributed by atoms with Crippen LogP contribution in [-0.4, -0.2) is 21.9 Å². The van der Waals surface area contributed by atoms with E-state index in [1.165, 1.54) is 6.07 Å². The predicted molar refractivity (Wildman–Crippen MR) is 69.8 cm³/mol. The lowest BCUT2D eigenvalue weighted by molar-refractivity contribution is 0.246. The average molecular weight is 258 g/mol. The van der Waals surface area contributed by atoms with Gasteiger partial charge in [0, 0.05) is 5.92 Å². The summed E-state index contributed by atoms with van der Waals surface area (Å²) in [6.45, 7) is 0.439. The zero-order valence-electron chi connectivity index (χ0n) is 10.2. The van der Waals surface area contributed by atoms with Gasteiger partial charge in [0.25, 0.3) is 0 Å². The molecule has 1 heterocycles. The number of aromatic hydroxyl groups is 3. The van der Waals surface area contributed by atoms with E-state index in [0.29, 0.717) is 12.4 Å². The van der Waals surface area contributed by atoms with Crippen LogP contribution in [0, 0.1) is 0 Å². The Hall–Kier alpha value is -2.36. The number of phenols is 3. The van der Waals surface area contributed by atoms with Crippen LogP contribution in [0.2, 0.25) is 0 Å². The molecule has 0 aliphatic carbocycles. The van der Waals surface area contributed by atoms with Gasteiger partial charge in [-0.25, -0.2) is 0 Å². The smallest absolute Gasteiger partial charge is 0.200 e. The van der Waals surface area contributed by atoms with Gasteiger partial charge in [-0.1, -0.05) is 18.2 Å². The number of fused-ring (bicyclic) bond motifs is 1. The van der Waals surface area contributed by atoms with Crippen LogP contribution in [0.1, 0.15) is 17.0 Å². The number of hydrogen-bond acceptors (Lipinski definition) is 4. The van der Waals surface area contributed by atoms with Crippen LogP contribution >= 0.6 is 0 Å². The molecule has 1 aliphatic heterocycles. The fraction of sp³-hybridized carbons (Fsp3) is 0.200. The summed E-state index contributed by atoms with van der Waals surface area (Å²) in [5, 5.41) is 28.4. The molecule has 0 saturated heterocycles. The molecular formula is C15H14O4. The van der Waals surface area contributed by atoms with Crippen molar-refractivity contribution in [2.24, 2.45) is 0 Å². The van der Waals surface area contributed by atoms with Crippen LogP contribution in [0.3, 0.4) is 0 Å². The third kappa shape index (κ3) is 2.05. The van der Waals surface area contributed by atoms with Gasteiger partial charge in [0.05, 0.1) is 6.61 Å². The molecule has 2 aromatic rings. The molecule has 0 saturated carbocycles. The maximum atomic E-state index is 9.73. The molecule has 2 aromatic carbocycles. The molecule has 0 bridgehead atoms. The molecule has 4 heteroatoms. The highest BCUT2D eigenvalue weighted by molar-refractivity contribution is 5.55. The number of phenolic OH excluding ortho intramolecular Hbond substituents is 3. The second kappa shape index (κ2) is 4.39. The van der Waals surface area contributed by atoms with E-state index in [0.717, 1.165) is 17.5 Å². The molecule has 19 heavy (non-hydrogen) atoms. The van der Waals surface area contributed by atoms with E-state index in [-0.39, 0.29) is 23.2 Å². The minimum Gasteiger partial charge on any atom is -0.508 e. The van der Waals surface area contributed by atoms with Crippen molar-refractivity contribution in [1.82, 2.24) is 0 Å². The fourth-order valence-electron chi connectivity index (χ4n) is 2.39. The second-order valence-corrected chi connectivity index (χ2v) is 4.73. The molecule has 98 valence electrons. The SMILES string of the molecule is Oc1ccc([C@H]2COc3c(ccc(O)c3O)C2)cc1. The summed E-state index contributed by atoms with van der Waals surface area (Å²) in [4.78, 5) is 0. The number of benzene rings is 2. The summed E-state index contributed by atoms with van der Waals surface area (Å²) >= 11 is 0. The molecule has 3 rings (SSSR count). The molecular weight excluding hydrogens is 244 g/mol. The van der Waals surface area contributed by atoms with Crippen molar-refractivity contribution >= 4 is 0 Å². The Kier molecular flexibility index (Phi) is 2.71. The molecule has 0 spiro atoms. The topological polar surface area (TPSA) is 69.9 Å². The Bertz CT molecular complexity index is 604. The average Bonchev–Trinajstić information content (AvgIpc) is 2.43.